The second-order valence-corrected chi connectivity index (χ2v) is 4.97. The van der Waals surface area contributed by atoms with Crippen molar-refractivity contribution in [3.05, 3.63) is 24.3 Å². The standard InChI is InChI=1S/C14H15NO5/c16-13(15-6-5-9(7-15)14(17)18)12-8-19-10-3-1-2-4-11(10)20-12/h1-4,9,12H,5-8H2,(H,17,18)/t9-,12+/m1/s1. The number of carboxylic acid groups (broad SMARTS) is 1. The lowest BCUT2D eigenvalue weighted by atomic mass is 10.1. The molecule has 1 amide bonds. The van der Waals surface area contributed by atoms with Gasteiger partial charge in [-0.05, 0) is 18.6 Å². The van der Waals surface area contributed by atoms with Crippen molar-refractivity contribution in [3.8, 4) is 11.5 Å². The van der Waals surface area contributed by atoms with Crippen molar-refractivity contribution in [2.75, 3.05) is 19.7 Å². The van der Waals surface area contributed by atoms with E-state index in [-0.39, 0.29) is 19.1 Å². The minimum Gasteiger partial charge on any atom is -0.485 e. The molecule has 2 aliphatic heterocycles. The summed E-state index contributed by atoms with van der Waals surface area (Å²) in [5.74, 6) is -0.363. The lowest BCUT2D eigenvalue weighted by Crippen LogP contribution is -2.45. The third-order valence-corrected chi connectivity index (χ3v) is 3.63. The minimum absolute atomic E-state index is 0.157. The van der Waals surface area contributed by atoms with Crippen LogP contribution >= 0.6 is 0 Å². The van der Waals surface area contributed by atoms with Crippen molar-refractivity contribution < 1.29 is 24.2 Å². The van der Waals surface area contributed by atoms with Crippen LogP contribution in [0.1, 0.15) is 6.42 Å². The Labute approximate surface area is 115 Å². The summed E-state index contributed by atoms with van der Waals surface area (Å²) in [6.07, 6.45) is -0.206. The van der Waals surface area contributed by atoms with Crippen molar-refractivity contribution in [2.24, 2.45) is 5.92 Å². The Morgan fingerprint density at radius 3 is 2.70 bits per heavy atom. The molecule has 1 aromatic rings. The van der Waals surface area contributed by atoms with Crippen LogP contribution in [-0.2, 0) is 9.59 Å². The number of hydrogen-bond donors (Lipinski definition) is 1. The minimum atomic E-state index is -0.855. The third kappa shape index (κ3) is 2.29. The van der Waals surface area contributed by atoms with Crippen LogP contribution in [0, 0.1) is 5.92 Å². The van der Waals surface area contributed by atoms with Crippen LogP contribution in [0.25, 0.3) is 0 Å². The highest BCUT2D eigenvalue weighted by molar-refractivity contribution is 5.83. The number of aliphatic carboxylic acids is 1. The SMILES string of the molecule is O=C(O)[C@@H]1CCN(C(=O)[C@@H]2COc3ccccc3O2)C1. The van der Waals surface area contributed by atoms with E-state index in [2.05, 4.69) is 0 Å². The van der Waals surface area contributed by atoms with Gasteiger partial charge in [0.2, 0.25) is 6.10 Å². The van der Waals surface area contributed by atoms with E-state index < -0.39 is 18.0 Å². The zero-order valence-electron chi connectivity index (χ0n) is 10.8. The van der Waals surface area contributed by atoms with Gasteiger partial charge < -0.3 is 19.5 Å². The molecule has 20 heavy (non-hydrogen) atoms. The van der Waals surface area contributed by atoms with Gasteiger partial charge in [-0.15, -0.1) is 0 Å². The first-order chi connectivity index (χ1) is 9.65. The van der Waals surface area contributed by atoms with Crippen molar-refractivity contribution in [1.82, 2.24) is 4.90 Å². The van der Waals surface area contributed by atoms with Crippen LogP contribution in [0.2, 0.25) is 0 Å². The van der Waals surface area contributed by atoms with Crippen molar-refractivity contribution in [2.45, 2.75) is 12.5 Å². The molecule has 0 saturated carbocycles. The number of carboxylic acids is 1. The number of benzene rings is 1. The lowest BCUT2D eigenvalue weighted by molar-refractivity contribution is -0.142. The zero-order chi connectivity index (χ0) is 14.1. The molecule has 0 spiro atoms. The molecule has 1 N–H and O–H groups in total. The fraction of sp³-hybridized carbons (Fsp3) is 0.429. The smallest absolute Gasteiger partial charge is 0.308 e. The lowest BCUT2D eigenvalue weighted by Gasteiger charge is -2.28. The summed E-state index contributed by atoms with van der Waals surface area (Å²) >= 11 is 0. The van der Waals surface area contributed by atoms with Gasteiger partial charge in [0.1, 0.15) is 6.61 Å². The fourth-order valence-electron chi connectivity index (χ4n) is 2.51. The van der Waals surface area contributed by atoms with E-state index in [0.717, 1.165) is 0 Å². The Morgan fingerprint density at radius 1 is 1.25 bits per heavy atom. The Morgan fingerprint density at radius 2 is 2.00 bits per heavy atom. The number of para-hydroxylation sites is 2. The Kier molecular flexibility index (Phi) is 3.22. The quantitative estimate of drug-likeness (QED) is 0.863. The summed E-state index contributed by atoms with van der Waals surface area (Å²) in [7, 11) is 0. The van der Waals surface area contributed by atoms with Gasteiger partial charge in [-0.3, -0.25) is 9.59 Å². The number of nitrogens with zero attached hydrogens (tertiary/aromatic N) is 1. The first-order valence-electron chi connectivity index (χ1n) is 6.55. The summed E-state index contributed by atoms with van der Waals surface area (Å²) in [6.45, 7) is 0.858. The van der Waals surface area contributed by atoms with Crippen LogP contribution in [0.5, 0.6) is 11.5 Å². The molecule has 2 atom stereocenters. The van der Waals surface area contributed by atoms with Crippen molar-refractivity contribution in [1.29, 1.82) is 0 Å². The van der Waals surface area contributed by atoms with E-state index in [0.29, 0.717) is 24.5 Å². The van der Waals surface area contributed by atoms with Gasteiger partial charge in [0.25, 0.3) is 5.91 Å². The highest BCUT2D eigenvalue weighted by atomic mass is 16.6. The summed E-state index contributed by atoms with van der Waals surface area (Å²) in [4.78, 5) is 24.8. The number of rotatable bonds is 2. The predicted molar refractivity (Wildman–Crippen MR) is 68.7 cm³/mol. The molecule has 0 unspecified atom stereocenters. The maximum Gasteiger partial charge on any atom is 0.308 e. The molecule has 1 saturated heterocycles. The largest absolute Gasteiger partial charge is 0.485 e. The van der Waals surface area contributed by atoms with E-state index in [1.165, 1.54) is 0 Å². The number of ether oxygens (including phenoxy) is 2. The zero-order valence-corrected chi connectivity index (χ0v) is 10.8. The van der Waals surface area contributed by atoms with Gasteiger partial charge >= 0.3 is 5.97 Å². The molecule has 1 fully saturated rings. The molecule has 106 valence electrons. The molecule has 1 aromatic carbocycles. The molecule has 2 aliphatic rings. The fourth-order valence-corrected chi connectivity index (χ4v) is 2.51. The molecule has 3 rings (SSSR count). The average molecular weight is 277 g/mol. The topological polar surface area (TPSA) is 76.1 Å². The third-order valence-electron chi connectivity index (χ3n) is 3.63. The molecule has 0 radical (unpaired) electrons. The summed E-state index contributed by atoms with van der Waals surface area (Å²) in [5.41, 5.74) is 0. The monoisotopic (exact) mass is 277 g/mol. The van der Waals surface area contributed by atoms with E-state index >= 15 is 0 Å². The van der Waals surface area contributed by atoms with Crippen LogP contribution in [0.3, 0.4) is 0 Å². The highest BCUT2D eigenvalue weighted by Gasteiger charge is 2.36. The van der Waals surface area contributed by atoms with Crippen molar-refractivity contribution >= 4 is 11.9 Å². The summed E-state index contributed by atoms with van der Waals surface area (Å²) in [5, 5.41) is 8.96. The molecule has 0 aromatic heterocycles. The normalized spacial score (nSPS) is 24.5. The van der Waals surface area contributed by atoms with Crippen LogP contribution in [-0.4, -0.2) is 47.7 Å². The number of amides is 1. The van der Waals surface area contributed by atoms with Crippen LogP contribution in [0.4, 0.5) is 0 Å². The van der Waals surface area contributed by atoms with Gasteiger partial charge in [0.15, 0.2) is 11.5 Å². The maximum atomic E-state index is 12.3. The second kappa shape index (κ2) is 5.03. The number of hydrogen-bond acceptors (Lipinski definition) is 4. The van der Waals surface area contributed by atoms with Crippen molar-refractivity contribution in [3.63, 3.8) is 0 Å². The van der Waals surface area contributed by atoms with E-state index in [9.17, 15) is 9.59 Å². The number of carbonyl (C=O) groups excluding carboxylic acids is 1. The molecule has 6 nitrogen and oxygen atoms in total. The van der Waals surface area contributed by atoms with E-state index in [1.54, 1.807) is 17.0 Å². The van der Waals surface area contributed by atoms with Crippen LogP contribution in [0.15, 0.2) is 24.3 Å². The summed E-state index contributed by atoms with van der Waals surface area (Å²) in [6, 6.07) is 7.18. The van der Waals surface area contributed by atoms with Crippen LogP contribution < -0.4 is 9.47 Å². The Hall–Kier alpha value is -2.24. The first kappa shape index (κ1) is 12.8. The summed E-state index contributed by atoms with van der Waals surface area (Å²) < 4.78 is 11.1. The molecule has 2 heterocycles. The predicted octanol–water partition coefficient (Wildman–Crippen LogP) is 0.759. The number of likely N-dealkylation sites (tertiary alicyclic amines) is 1. The van der Waals surface area contributed by atoms with Gasteiger partial charge in [-0.2, -0.15) is 0 Å². The molecule has 0 bridgehead atoms. The van der Waals surface area contributed by atoms with E-state index in [4.69, 9.17) is 14.6 Å². The van der Waals surface area contributed by atoms with Gasteiger partial charge in [-0.1, -0.05) is 12.1 Å². The molecular weight excluding hydrogens is 262 g/mol. The number of carbonyl (C=O) groups is 2. The maximum absolute atomic E-state index is 12.3. The average Bonchev–Trinajstić information content (AvgIpc) is 2.96. The Bertz CT molecular complexity index is 544. The molecular formula is C14H15NO5. The molecule has 6 heteroatoms. The second-order valence-electron chi connectivity index (χ2n) is 4.97. The molecule has 0 aliphatic carbocycles. The van der Waals surface area contributed by atoms with Gasteiger partial charge in [0.05, 0.1) is 5.92 Å². The highest BCUT2D eigenvalue weighted by Crippen LogP contribution is 2.31. The first-order valence-corrected chi connectivity index (χ1v) is 6.55. The Balaban J connectivity index is 1.66. The van der Waals surface area contributed by atoms with E-state index in [1.807, 2.05) is 12.1 Å². The van der Waals surface area contributed by atoms with Gasteiger partial charge in [0, 0.05) is 13.1 Å². The van der Waals surface area contributed by atoms with Gasteiger partial charge in [-0.25, -0.2) is 0 Å². The number of fused-ring (bicyclic) bond motifs is 1.